The first-order valence-electron chi connectivity index (χ1n) is 6.51. The van der Waals surface area contributed by atoms with E-state index < -0.39 is 5.97 Å². The number of carbonyl (C=O) groups excluding carboxylic acids is 1. The largest absolute Gasteiger partial charge is 0.465 e. The maximum Gasteiger partial charge on any atom is 0.344 e. The van der Waals surface area contributed by atoms with Gasteiger partial charge in [-0.15, -0.1) is 0 Å². The van der Waals surface area contributed by atoms with E-state index in [1.165, 1.54) is 44.6 Å². The highest BCUT2D eigenvalue weighted by atomic mass is 32.1. The van der Waals surface area contributed by atoms with E-state index in [-0.39, 0.29) is 5.82 Å². The number of nitrogens with two attached hydrogens (primary N) is 1. The molecule has 1 aromatic rings. The van der Waals surface area contributed by atoms with Crippen LogP contribution in [0.15, 0.2) is 0 Å². The predicted molar refractivity (Wildman–Crippen MR) is 74.4 cm³/mol. The number of nitrogens with zero attached hydrogens (tertiary/aromatic N) is 2. The molecule has 6 nitrogen and oxygen atoms in total. The van der Waals surface area contributed by atoms with Gasteiger partial charge < -0.3 is 20.7 Å². The number of nitrogen functional groups attached to an aromatic ring is 1. The Bertz CT molecular complexity index is 482. The second-order valence-electron chi connectivity index (χ2n) is 5.15. The second-order valence-corrected chi connectivity index (χ2v) is 5.93. The number of hydrogen-bond donors (Lipinski definition) is 2. The molecule has 3 aliphatic rings. The van der Waals surface area contributed by atoms with Crippen molar-refractivity contribution in [1.82, 2.24) is 9.27 Å². The number of carbonyl (C=O) groups is 1. The lowest BCUT2D eigenvalue weighted by Crippen LogP contribution is -2.53. The molecular formula is C12H18N4O2S. The average Bonchev–Trinajstić information content (AvgIpc) is 2.80. The monoisotopic (exact) mass is 282 g/mol. The van der Waals surface area contributed by atoms with Gasteiger partial charge in [-0.25, -0.2) is 4.79 Å². The molecule has 19 heavy (non-hydrogen) atoms. The Kier molecular flexibility index (Phi) is 3.32. The third kappa shape index (κ3) is 2.28. The lowest BCUT2D eigenvalue weighted by Gasteiger charge is -2.45. The summed E-state index contributed by atoms with van der Waals surface area (Å²) in [5.41, 5.74) is 6.13. The van der Waals surface area contributed by atoms with Gasteiger partial charge in [-0.2, -0.15) is 4.37 Å². The molecule has 1 unspecified atom stereocenters. The summed E-state index contributed by atoms with van der Waals surface area (Å²) >= 11 is 1.24. The summed E-state index contributed by atoms with van der Waals surface area (Å²) in [6.07, 6.45) is 2.44. The van der Waals surface area contributed by atoms with E-state index in [0.29, 0.717) is 17.5 Å². The quantitative estimate of drug-likeness (QED) is 0.806. The molecule has 7 heteroatoms. The molecule has 3 saturated heterocycles. The van der Waals surface area contributed by atoms with Gasteiger partial charge in [0.1, 0.15) is 10.6 Å². The van der Waals surface area contributed by atoms with Gasteiger partial charge in [-0.1, -0.05) is 0 Å². The van der Waals surface area contributed by atoms with Crippen LogP contribution in [0.2, 0.25) is 0 Å². The lowest BCUT2D eigenvalue weighted by molar-refractivity contribution is 0.0602. The van der Waals surface area contributed by atoms with Crippen LogP contribution in [0, 0.1) is 5.92 Å². The number of anilines is 2. The molecule has 4 rings (SSSR count). The fraction of sp³-hybridized carbons (Fsp3) is 0.667. The predicted octanol–water partition coefficient (Wildman–Crippen LogP) is 1.02. The summed E-state index contributed by atoms with van der Waals surface area (Å²) in [4.78, 5) is 14.2. The van der Waals surface area contributed by atoms with Gasteiger partial charge in [0.2, 0.25) is 0 Å². The van der Waals surface area contributed by atoms with Gasteiger partial charge in [0.15, 0.2) is 5.82 Å². The number of aromatic nitrogens is 1. The minimum Gasteiger partial charge on any atom is -0.465 e. The average molecular weight is 282 g/mol. The van der Waals surface area contributed by atoms with Crippen molar-refractivity contribution in [2.24, 2.45) is 5.92 Å². The highest BCUT2D eigenvalue weighted by Crippen LogP contribution is 2.33. The smallest absolute Gasteiger partial charge is 0.344 e. The fourth-order valence-corrected chi connectivity index (χ4v) is 3.76. The van der Waals surface area contributed by atoms with E-state index in [1.54, 1.807) is 0 Å². The highest BCUT2D eigenvalue weighted by molar-refractivity contribution is 7.11. The summed E-state index contributed by atoms with van der Waals surface area (Å²) in [5.74, 6) is 0.509. The van der Waals surface area contributed by atoms with Gasteiger partial charge in [0.25, 0.3) is 0 Å². The van der Waals surface area contributed by atoms with Crippen LogP contribution in [0.4, 0.5) is 10.8 Å². The van der Waals surface area contributed by atoms with Crippen molar-refractivity contribution in [2.45, 2.75) is 18.9 Å². The second kappa shape index (κ2) is 4.97. The van der Waals surface area contributed by atoms with E-state index in [0.717, 1.165) is 11.5 Å². The normalized spacial score (nSPS) is 29.2. The number of hydrogen-bond acceptors (Lipinski definition) is 7. The number of nitrogens with one attached hydrogen (secondary N) is 1. The molecule has 3 aliphatic heterocycles. The summed E-state index contributed by atoms with van der Waals surface area (Å²) in [7, 11) is 1.36. The number of piperidine rings is 3. The molecule has 0 saturated carbocycles. The Labute approximate surface area is 116 Å². The van der Waals surface area contributed by atoms with Crippen molar-refractivity contribution in [3.63, 3.8) is 0 Å². The number of methoxy groups -OCH3 is 1. The van der Waals surface area contributed by atoms with Crippen LogP contribution in [0.5, 0.6) is 0 Å². The molecule has 0 radical (unpaired) electrons. The number of rotatable bonds is 3. The Hall–Kier alpha value is -1.34. The van der Waals surface area contributed by atoms with Crippen LogP contribution >= 0.6 is 11.5 Å². The maximum absolute atomic E-state index is 11.7. The summed E-state index contributed by atoms with van der Waals surface area (Å²) in [6, 6.07) is 0.380. The first kappa shape index (κ1) is 12.7. The molecular weight excluding hydrogens is 264 g/mol. The molecule has 0 amide bonds. The zero-order valence-corrected chi connectivity index (χ0v) is 11.7. The van der Waals surface area contributed by atoms with Crippen molar-refractivity contribution in [1.29, 1.82) is 0 Å². The van der Waals surface area contributed by atoms with Gasteiger partial charge in [-0.05, 0) is 43.4 Å². The third-order valence-corrected chi connectivity index (χ3v) is 4.87. The van der Waals surface area contributed by atoms with E-state index in [4.69, 9.17) is 10.5 Å². The van der Waals surface area contributed by atoms with Gasteiger partial charge in [-0.3, -0.25) is 0 Å². The summed E-state index contributed by atoms with van der Waals surface area (Å²) in [6.45, 7) is 3.41. The number of esters is 1. The van der Waals surface area contributed by atoms with Crippen molar-refractivity contribution < 1.29 is 9.53 Å². The van der Waals surface area contributed by atoms with Gasteiger partial charge in [0.05, 0.1) is 7.11 Å². The number of fused-ring (bicyclic) bond motifs is 3. The van der Waals surface area contributed by atoms with Crippen LogP contribution in [0.3, 0.4) is 0 Å². The summed E-state index contributed by atoms with van der Waals surface area (Å²) in [5, 5.41) is 4.19. The van der Waals surface area contributed by atoms with Gasteiger partial charge >= 0.3 is 5.97 Å². The minimum atomic E-state index is -0.421. The molecule has 0 spiro atoms. The van der Waals surface area contributed by atoms with E-state index in [1.807, 2.05) is 0 Å². The lowest BCUT2D eigenvalue weighted by atomic mass is 9.84. The molecule has 0 aliphatic carbocycles. The first-order valence-corrected chi connectivity index (χ1v) is 7.28. The van der Waals surface area contributed by atoms with Crippen LogP contribution in [0.1, 0.15) is 23.2 Å². The zero-order chi connectivity index (χ0) is 13.4. The van der Waals surface area contributed by atoms with Crippen molar-refractivity contribution in [3.05, 3.63) is 5.56 Å². The topological polar surface area (TPSA) is 80.5 Å². The zero-order valence-electron chi connectivity index (χ0n) is 10.9. The van der Waals surface area contributed by atoms with E-state index in [9.17, 15) is 4.79 Å². The third-order valence-electron chi connectivity index (χ3n) is 4.08. The number of ether oxygens (including phenoxy) is 1. The molecule has 2 bridgehead atoms. The fourth-order valence-electron chi connectivity index (χ4n) is 3.00. The molecule has 0 aromatic carbocycles. The van der Waals surface area contributed by atoms with Crippen LogP contribution in [0.25, 0.3) is 0 Å². The van der Waals surface area contributed by atoms with Crippen LogP contribution < -0.4 is 11.1 Å². The van der Waals surface area contributed by atoms with Crippen molar-refractivity contribution >= 4 is 28.3 Å². The molecule has 1 atom stereocenters. The van der Waals surface area contributed by atoms with E-state index in [2.05, 4.69) is 14.6 Å². The Morgan fingerprint density at radius 3 is 2.84 bits per heavy atom. The Balaban J connectivity index is 1.78. The first-order chi connectivity index (χ1) is 9.19. The summed E-state index contributed by atoms with van der Waals surface area (Å²) < 4.78 is 8.82. The van der Waals surface area contributed by atoms with E-state index >= 15 is 0 Å². The van der Waals surface area contributed by atoms with Crippen LogP contribution in [-0.2, 0) is 4.74 Å². The van der Waals surface area contributed by atoms with Crippen molar-refractivity contribution in [3.8, 4) is 0 Å². The highest BCUT2D eigenvalue weighted by Gasteiger charge is 2.35. The molecule has 1 aromatic heterocycles. The SMILES string of the molecule is COC(=O)c1c(N)nsc1NC1CN2CCC1CC2. The molecule has 4 heterocycles. The molecule has 3 N–H and O–H groups in total. The molecule has 3 fully saturated rings. The minimum absolute atomic E-state index is 0.251. The molecule has 104 valence electrons. The standard InChI is InChI=1S/C12H18N4O2S/c1-18-12(17)9-10(13)15-19-11(9)14-8-6-16-4-2-7(8)3-5-16/h7-8,14H,2-6H2,1H3,(H2,13,15). The Morgan fingerprint density at radius 2 is 2.26 bits per heavy atom. The Morgan fingerprint density at radius 1 is 1.53 bits per heavy atom. The maximum atomic E-state index is 11.7. The van der Waals surface area contributed by atoms with Crippen LogP contribution in [-0.4, -0.2) is 48.0 Å². The van der Waals surface area contributed by atoms with Crippen molar-refractivity contribution in [2.75, 3.05) is 37.8 Å². The van der Waals surface area contributed by atoms with Gasteiger partial charge in [0, 0.05) is 12.6 Å².